The average Bonchev–Trinajstić information content (AvgIpc) is 3.32. The van der Waals surface area contributed by atoms with E-state index in [1.165, 1.54) is 36.8 Å². The van der Waals surface area contributed by atoms with Crippen LogP contribution < -0.4 is 5.32 Å². The molecule has 11 heteroatoms. The molecule has 160 valence electrons. The van der Waals surface area contributed by atoms with Crippen molar-refractivity contribution >= 4 is 44.7 Å². The summed E-state index contributed by atoms with van der Waals surface area (Å²) in [5.74, 6) is 0.714. The van der Waals surface area contributed by atoms with Crippen molar-refractivity contribution < 1.29 is 13.2 Å². The van der Waals surface area contributed by atoms with Gasteiger partial charge in [0.25, 0.3) is 0 Å². The quantitative estimate of drug-likeness (QED) is 0.514. The van der Waals surface area contributed by atoms with E-state index < -0.39 is 10.0 Å². The van der Waals surface area contributed by atoms with E-state index in [2.05, 4.69) is 15.5 Å². The lowest BCUT2D eigenvalue weighted by atomic mass is 10.2. The first-order valence-electron chi connectivity index (χ1n) is 9.05. The van der Waals surface area contributed by atoms with Crippen molar-refractivity contribution in [3.8, 4) is 0 Å². The molecule has 30 heavy (non-hydrogen) atoms. The Labute approximate surface area is 184 Å². The van der Waals surface area contributed by atoms with Crippen molar-refractivity contribution in [2.24, 2.45) is 7.05 Å². The highest BCUT2D eigenvalue weighted by Crippen LogP contribution is 2.23. The van der Waals surface area contributed by atoms with E-state index in [1.54, 1.807) is 30.4 Å². The number of sulfonamides is 1. The van der Waals surface area contributed by atoms with E-state index in [1.807, 2.05) is 29.1 Å². The highest BCUT2D eigenvalue weighted by molar-refractivity contribution is 7.99. The second-order valence-electron chi connectivity index (χ2n) is 6.82. The molecule has 8 nitrogen and oxygen atoms in total. The molecule has 2 aromatic heterocycles. The van der Waals surface area contributed by atoms with Gasteiger partial charge in [0.05, 0.1) is 10.6 Å². The summed E-state index contributed by atoms with van der Waals surface area (Å²) in [5.41, 5.74) is 1.05. The van der Waals surface area contributed by atoms with E-state index in [-0.39, 0.29) is 16.6 Å². The number of anilines is 1. The molecule has 3 aromatic rings. The molecule has 1 aromatic carbocycles. The Hall–Kier alpha value is -2.21. The summed E-state index contributed by atoms with van der Waals surface area (Å²) in [5, 5.41) is 13.8. The topological polar surface area (TPSA) is 97.2 Å². The van der Waals surface area contributed by atoms with Crippen LogP contribution in [0.15, 0.2) is 45.8 Å². The Bertz CT molecular complexity index is 1140. The van der Waals surface area contributed by atoms with Crippen LogP contribution >= 0.6 is 23.1 Å². The lowest BCUT2D eigenvalue weighted by molar-refractivity contribution is -0.113. The zero-order valence-corrected chi connectivity index (χ0v) is 19.6. The molecule has 2 heterocycles. The first-order chi connectivity index (χ1) is 14.2. The summed E-state index contributed by atoms with van der Waals surface area (Å²) >= 11 is 2.94. The Kier molecular flexibility index (Phi) is 6.96. The molecule has 0 radical (unpaired) electrons. The molecule has 1 N–H and O–H groups in total. The van der Waals surface area contributed by atoms with Gasteiger partial charge in [0.2, 0.25) is 15.9 Å². The molecule has 0 aliphatic heterocycles. The number of thioether (sulfide) groups is 1. The fraction of sp³-hybridized carbons (Fsp3) is 0.316. The summed E-state index contributed by atoms with van der Waals surface area (Å²) in [6.07, 6.45) is 0.695. The monoisotopic (exact) mass is 465 g/mol. The molecule has 0 aliphatic carbocycles. The number of aromatic nitrogens is 3. The number of hydrogen-bond acceptors (Lipinski definition) is 7. The maximum atomic E-state index is 12.4. The molecular weight excluding hydrogens is 442 g/mol. The zero-order valence-electron chi connectivity index (χ0n) is 17.1. The van der Waals surface area contributed by atoms with Crippen LogP contribution in [0.3, 0.4) is 0 Å². The number of nitrogens with one attached hydrogen (secondary N) is 1. The second kappa shape index (κ2) is 9.29. The number of aryl methyl sites for hydroxylation is 1. The largest absolute Gasteiger partial charge is 0.325 e. The van der Waals surface area contributed by atoms with E-state index in [4.69, 9.17) is 0 Å². The lowest BCUT2D eigenvalue weighted by Crippen LogP contribution is -2.23. The smallest absolute Gasteiger partial charge is 0.242 e. The highest BCUT2D eigenvalue weighted by Gasteiger charge is 2.20. The van der Waals surface area contributed by atoms with E-state index in [0.717, 1.165) is 10.1 Å². The van der Waals surface area contributed by atoms with Crippen LogP contribution in [0.25, 0.3) is 0 Å². The van der Waals surface area contributed by atoms with Gasteiger partial charge in [-0.15, -0.1) is 21.5 Å². The number of hydrogen-bond donors (Lipinski definition) is 1. The van der Waals surface area contributed by atoms with Crippen molar-refractivity contribution in [2.75, 3.05) is 25.2 Å². The van der Waals surface area contributed by atoms with Gasteiger partial charge < -0.3 is 9.88 Å². The van der Waals surface area contributed by atoms with Crippen LogP contribution in [0.2, 0.25) is 0 Å². The molecule has 0 aliphatic rings. The second-order valence-corrected chi connectivity index (χ2v) is 10.9. The van der Waals surface area contributed by atoms with Crippen LogP contribution in [-0.2, 0) is 28.3 Å². The molecule has 0 bridgehead atoms. The Balaban J connectivity index is 1.64. The average molecular weight is 466 g/mol. The zero-order chi connectivity index (χ0) is 21.9. The number of thiophene rings is 1. The minimum absolute atomic E-state index is 0.134. The Morgan fingerprint density at radius 3 is 2.70 bits per heavy atom. The van der Waals surface area contributed by atoms with Gasteiger partial charge in [-0.25, -0.2) is 12.7 Å². The van der Waals surface area contributed by atoms with Gasteiger partial charge in [-0.05, 0) is 36.1 Å². The van der Waals surface area contributed by atoms with Gasteiger partial charge in [-0.2, -0.15) is 0 Å². The molecule has 1 amide bonds. The maximum absolute atomic E-state index is 12.4. The number of benzene rings is 1. The van der Waals surface area contributed by atoms with Crippen molar-refractivity contribution in [1.82, 2.24) is 19.1 Å². The molecule has 0 spiro atoms. The molecule has 0 unspecified atom stereocenters. The number of carbonyl (C=O) groups is 1. The number of rotatable bonds is 8. The summed E-state index contributed by atoms with van der Waals surface area (Å²) in [6, 6.07) is 8.89. The number of nitrogens with zero attached hydrogens (tertiary/aromatic N) is 4. The standard InChI is InChI=1S/C19H23N5O3S3/c1-13-7-8-14(10-16(13)30(26,27)23(2)3)20-18(25)12-29-19-22-21-17(24(19)4)11-15-6-5-9-28-15/h5-10H,11-12H2,1-4H3,(H,20,25). The third-order valence-electron chi connectivity index (χ3n) is 4.40. The van der Waals surface area contributed by atoms with Crippen LogP contribution in [0.4, 0.5) is 5.69 Å². The first kappa shape index (κ1) is 22.5. The summed E-state index contributed by atoms with van der Waals surface area (Å²) in [4.78, 5) is 13.8. The van der Waals surface area contributed by atoms with Crippen molar-refractivity contribution in [3.05, 3.63) is 52.0 Å². The molecule has 0 saturated carbocycles. The van der Waals surface area contributed by atoms with E-state index >= 15 is 0 Å². The SMILES string of the molecule is Cc1ccc(NC(=O)CSc2nnc(Cc3cccs3)n2C)cc1S(=O)(=O)N(C)C. The molecule has 0 saturated heterocycles. The third-order valence-corrected chi connectivity index (χ3v) is 8.25. The third kappa shape index (κ3) is 5.09. The molecular formula is C19H23N5O3S3. The van der Waals surface area contributed by atoms with Crippen LogP contribution in [0.1, 0.15) is 16.3 Å². The molecule has 0 fully saturated rings. The van der Waals surface area contributed by atoms with Gasteiger partial charge in [0.1, 0.15) is 5.82 Å². The summed E-state index contributed by atoms with van der Waals surface area (Å²) in [7, 11) is 1.24. The molecule has 0 atom stereocenters. The van der Waals surface area contributed by atoms with Gasteiger partial charge >= 0.3 is 0 Å². The summed E-state index contributed by atoms with van der Waals surface area (Å²) < 4.78 is 27.9. The van der Waals surface area contributed by atoms with Gasteiger partial charge in [0, 0.05) is 38.1 Å². The normalized spacial score (nSPS) is 11.8. The van der Waals surface area contributed by atoms with Crippen molar-refractivity contribution in [3.63, 3.8) is 0 Å². The van der Waals surface area contributed by atoms with Crippen molar-refractivity contribution in [2.45, 2.75) is 23.4 Å². The van der Waals surface area contributed by atoms with Gasteiger partial charge in [-0.1, -0.05) is 23.9 Å². The van der Waals surface area contributed by atoms with Crippen LogP contribution in [0, 0.1) is 6.92 Å². The fourth-order valence-electron chi connectivity index (χ4n) is 2.67. The summed E-state index contributed by atoms with van der Waals surface area (Å²) in [6.45, 7) is 1.72. The predicted octanol–water partition coefficient (Wildman–Crippen LogP) is 2.76. The van der Waals surface area contributed by atoms with E-state index in [0.29, 0.717) is 22.8 Å². The lowest BCUT2D eigenvalue weighted by Gasteiger charge is -2.15. The van der Waals surface area contributed by atoms with E-state index in [9.17, 15) is 13.2 Å². The van der Waals surface area contributed by atoms with Crippen LogP contribution in [0.5, 0.6) is 0 Å². The minimum atomic E-state index is -3.59. The first-order valence-corrected chi connectivity index (χ1v) is 12.4. The number of carbonyl (C=O) groups excluding carboxylic acids is 1. The van der Waals surface area contributed by atoms with Gasteiger partial charge in [-0.3, -0.25) is 4.79 Å². The Morgan fingerprint density at radius 1 is 1.27 bits per heavy atom. The van der Waals surface area contributed by atoms with Crippen LogP contribution in [-0.4, -0.2) is 53.2 Å². The minimum Gasteiger partial charge on any atom is -0.325 e. The predicted molar refractivity (Wildman–Crippen MR) is 120 cm³/mol. The van der Waals surface area contributed by atoms with Gasteiger partial charge in [0.15, 0.2) is 5.16 Å². The Morgan fingerprint density at radius 2 is 2.03 bits per heavy atom. The fourth-order valence-corrected chi connectivity index (χ4v) is 5.25. The van der Waals surface area contributed by atoms with Crippen molar-refractivity contribution in [1.29, 1.82) is 0 Å². The molecule has 3 rings (SSSR count). The highest BCUT2D eigenvalue weighted by atomic mass is 32.2. The number of amides is 1. The maximum Gasteiger partial charge on any atom is 0.242 e.